The molecular weight excluding hydrogens is 246 g/mol. The predicted molar refractivity (Wildman–Crippen MR) is 73.8 cm³/mol. The molecule has 18 heavy (non-hydrogen) atoms. The van der Waals surface area contributed by atoms with Crippen molar-refractivity contribution in [3.05, 3.63) is 46.4 Å². The van der Waals surface area contributed by atoms with Gasteiger partial charge < -0.3 is 0 Å². The van der Waals surface area contributed by atoms with Crippen molar-refractivity contribution in [3.8, 4) is 0 Å². The molecule has 1 heterocycles. The van der Waals surface area contributed by atoms with Crippen LogP contribution in [0.5, 0.6) is 0 Å². The van der Waals surface area contributed by atoms with Crippen molar-refractivity contribution >= 4 is 11.8 Å². The lowest BCUT2D eigenvalue weighted by atomic mass is 10.2. The summed E-state index contributed by atoms with van der Waals surface area (Å²) in [4.78, 5) is 11.6. The average molecular weight is 263 g/mol. The Labute approximate surface area is 110 Å². The zero-order valence-electron chi connectivity index (χ0n) is 10.4. The molecule has 0 amide bonds. The van der Waals surface area contributed by atoms with E-state index in [0.29, 0.717) is 0 Å². The van der Waals surface area contributed by atoms with Gasteiger partial charge in [0.2, 0.25) is 0 Å². The number of hydrogen-bond acceptors (Lipinski definition) is 3. The third kappa shape index (κ3) is 3.26. The van der Waals surface area contributed by atoms with Crippen LogP contribution in [0.4, 0.5) is 0 Å². The topological polar surface area (TPSA) is 50.7 Å². The van der Waals surface area contributed by atoms with E-state index in [4.69, 9.17) is 0 Å². The van der Waals surface area contributed by atoms with Crippen molar-refractivity contribution in [1.82, 2.24) is 14.8 Å². The molecule has 2 aromatic rings. The van der Waals surface area contributed by atoms with E-state index in [1.165, 1.54) is 5.56 Å². The summed E-state index contributed by atoms with van der Waals surface area (Å²) in [5.41, 5.74) is 1.12. The van der Waals surface area contributed by atoms with Crippen molar-refractivity contribution in [3.63, 3.8) is 0 Å². The number of nitrogens with zero attached hydrogens (tertiary/aromatic N) is 2. The van der Waals surface area contributed by atoms with E-state index in [0.717, 1.165) is 30.3 Å². The van der Waals surface area contributed by atoms with Gasteiger partial charge in [-0.25, -0.2) is 9.89 Å². The second-order valence-electron chi connectivity index (χ2n) is 4.09. The summed E-state index contributed by atoms with van der Waals surface area (Å²) in [6.45, 7) is 2.85. The monoisotopic (exact) mass is 263 g/mol. The second-order valence-corrected chi connectivity index (χ2v) is 5.03. The number of rotatable bonds is 6. The summed E-state index contributed by atoms with van der Waals surface area (Å²) >= 11 is 1.59. The highest BCUT2D eigenvalue weighted by Gasteiger charge is 2.08. The van der Waals surface area contributed by atoms with Gasteiger partial charge in [0.25, 0.3) is 0 Å². The summed E-state index contributed by atoms with van der Waals surface area (Å²) in [6, 6.07) is 10.2. The largest absolute Gasteiger partial charge is 0.343 e. The van der Waals surface area contributed by atoms with Gasteiger partial charge in [-0.15, -0.1) is 5.10 Å². The number of hydrogen-bond donors (Lipinski definition) is 1. The van der Waals surface area contributed by atoms with Crippen LogP contribution in [-0.4, -0.2) is 14.8 Å². The van der Waals surface area contributed by atoms with Crippen LogP contribution in [-0.2, 0) is 12.3 Å². The minimum atomic E-state index is -0.112. The van der Waals surface area contributed by atoms with Crippen LogP contribution < -0.4 is 5.69 Å². The van der Waals surface area contributed by atoms with Crippen LogP contribution in [0.2, 0.25) is 0 Å². The third-order valence-electron chi connectivity index (χ3n) is 2.67. The molecule has 0 unspecified atom stereocenters. The zero-order valence-corrected chi connectivity index (χ0v) is 11.2. The minimum absolute atomic E-state index is 0.112. The van der Waals surface area contributed by atoms with Crippen molar-refractivity contribution in [2.45, 2.75) is 37.2 Å². The maximum absolute atomic E-state index is 11.6. The fourth-order valence-electron chi connectivity index (χ4n) is 1.65. The molecule has 0 radical (unpaired) electrons. The summed E-state index contributed by atoms with van der Waals surface area (Å²) in [7, 11) is 0. The Morgan fingerprint density at radius 1 is 1.33 bits per heavy atom. The van der Waals surface area contributed by atoms with E-state index in [2.05, 4.69) is 29.3 Å². The van der Waals surface area contributed by atoms with Gasteiger partial charge in [-0.2, -0.15) is 0 Å². The second kappa shape index (κ2) is 6.44. The first-order chi connectivity index (χ1) is 8.81. The molecule has 0 atom stereocenters. The van der Waals surface area contributed by atoms with Gasteiger partial charge in [0, 0.05) is 12.3 Å². The minimum Gasteiger partial charge on any atom is -0.270 e. The molecule has 1 aromatic carbocycles. The first-order valence-corrected chi connectivity index (χ1v) is 7.11. The highest BCUT2D eigenvalue weighted by Crippen LogP contribution is 2.19. The van der Waals surface area contributed by atoms with Crippen molar-refractivity contribution in [1.29, 1.82) is 0 Å². The molecule has 1 aromatic heterocycles. The standard InChI is InChI=1S/C13H17N3OS/c1-2-3-9-16-12(17)14-15-13(16)18-10-11-7-5-4-6-8-11/h4-8H,2-3,9-10H2,1H3,(H,14,17). The Bertz CT molecular complexity index is 533. The summed E-state index contributed by atoms with van der Waals surface area (Å²) in [6.07, 6.45) is 2.07. The average Bonchev–Trinajstić information content (AvgIpc) is 2.76. The summed E-state index contributed by atoms with van der Waals surface area (Å²) in [5, 5.41) is 7.37. The lowest BCUT2D eigenvalue weighted by Crippen LogP contribution is -2.17. The highest BCUT2D eigenvalue weighted by atomic mass is 32.2. The molecule has 5 heteroatoms. The van der Waals surface area contributed by atoms with Gasteiger partial charge in [0.1, 0.15) is 0 Å². The van der Waals surface area contributed by atoms with Crippen molar-refractivity contribution in [2.75, 3.05) is 0 Å². The van der Waals surface area contributed by atoms with E-state index >= 15 is 0 Å². The molecule has 0 spiro atoms. The normalized spacial score (nSPS) is 10.7. The molecule has 0 saturated carbocycles. The Hall–Kier alpha value is -1.49. The number of aromatic amines is 1. The van der Waals surface area contributed by atoms with Crippen LogP contribution in [0.15, 0.2) is 40.3 Å². The number of thioether (sulfide) groups is 1. The Kier molecular flexibility index (Phi) is 4.64. The molecule has 0 aliphatic heterocycles. The lowest BCUT2D eigenvalue weighted by Gasteiger charge is -2.04. The Balaban J connectivity index is 2.03. The molecular formula is C13H17N3OS. The molecule has 2 rings (SSSR count). The maximum Gasteiger partial charge on any atom is 0.343 e. The number of unbranched alkanes of at least 4 members (excludes halogenated alkanes) is 1. The predicted octanol–water partition coefficient (Wildman–Crippen LogP) is 2.66. The molecule has 0 bridgehead atoms. The Morgan fingerprint density at radius 3 is 2.83 bits per heavy atom. The molecule has 1 N–H and O–H groups in total. The van der Waals surface area contributed by atoms with Crippen LogP contribution in [0.25, 0.3) is 0 Å². The van der Waals surface area contributed by atoms with Gasteiger partial charge in [0.15, 0.2) is 5.16 Å². The van der Waals surface area contributed by atoms with Crippen LogP contribution in [0.3, 0.4) is 0 Å². The van der Waals surface area contributed by atoms with E-state index < -0.39 is 0 Å². The Morgan fingerprint density at radius 2 is 2.11 bits per heavy atom. The van der Waals surface area contributed by atoms with Gasteiger partial charge in [-0.1, -0.05) is 55.4 Å². The van der Waals surface area contributed by atoms with Crippen molar-refractivity contribution < 1.29 is 0 Å². The van der Waals surface area contributed by atoms with Crippen LogP contribution >= 0.6 is 11.8 Å². The highest BCUT2D eigenvalue weighted by molar-refractivity contribution is 7.98. The van der Waals surface area contributed by atoms with Gasteiger partial charge in [0.05, 0.1) is 0 Å². The fraction of sp³-hybridized carbons (Fsp3) is 0.385. The van der Waals surface area contributed by atoms with Crippen LogP contribution in [0.1, 0.15) is 25.3 Å². The maximum atomic E-state index is 11.6. The number of aromatic nitrogens is 3. The zero-order chi connectivity index (χ0) is 12.8. The molecule has 4 nitrogen and oxygen atoms in total. The third-order valence-corrected chi connectivity index (χ3v) is 3.72. The van der Waals surface area contributed by atoms with E-state index in [1.807, 2.05) is 18.2 Å². The van der Waals surface area contributed by atoms with Gasteiger partial charge in [-0.05, 0) is 12.0 Å². The first kappa shape index (κ1) is 13.0. The fourth-order valence-corrected chi connectivity index (χ4v) is 2.58. The lowest BCUT2D eigenvalue weighted by molar-refractivity contribution is 0.573. The molecule has 0 fully saturated rings. The quantitative estimate of drug-likeness (QED) is 0.815. The number of nitrogens with one attached hydrogen (secondary N) is 1. The van der Waals surface area contributed by atoms with Gasteiger partial charge in [-0.3, -0.25) is 4.57 Å². The van der Waals surface area contributed by atoms with Crippen LogP contribution in [0, 0.1) is 0 Å². The summed E-state index contributed by atoms with van der Waals surface area (Å²) in [5.74, 6) is 0.831. The SMILES string of the molecule is CCCCn1c(SCc2ccccc2)n[nH]c1=O. The van der Waals surface area contributed by atoms with Gasteiger partial charge >= 0.3 is 5.69 Å². The van der Waals surface area contributed by atoms with E-state index in [-0.39, 0.29) is 5.69 Å². The first-order valence-electron chi connectivity index (χ1n) is 6.13. The summed E-state index contributed by atoms with van der Waals surface area (Å²) < 4.78 is 1.72. The molecule has 0 aliphatic carbocycles. The van der Waals surface area contributed by atoms with E-state index in [1.54, 1.807) is 16.3 Å². The smallest absolute Gasteiger partial charge is 0.270 e. The van der Waals surface area contributed by atoms with Crippen molar-refractivity contribution in [2.24, 2.45) is 0 Å². The molecule has 0 aliphatic rings. The van der Waals surface area contributed by atoms with E-state index in [9.17, 15) is 4.79 Å². The number of benzene rings is 1. The number of H-pyrrole nitrogens is 1. The molecule has 96 valence electrons. The molecule has 0 saturated heterocycles.